The zero-order chi connectivity index (χ0) is 14.9. The van der Waals surface area contributed by atoms with Crippen LogP contribution in [0.3, 0.4) is 0 Å². The first-order valence-corrected chi connectivity index (χ1v) is 6.65. The van der Waals surface area contributed by atoms with Crippen LogP contribution in [0.25, 0.3) is 10.4 Å². The molecule has 6 heteroatoms. The monoisotopic (exact) mass is 293 g/mol. The van der Waals surface area contributed by atoms with Crippen molar-refractivity contribution >= 4 is 23.0 Å². The number of anilines is 1. The van der Waals surface area contributed by atoms with Gasteiger partial charge in [0.2, 0.25) is 0 Å². The molecule has 0 aliphatic rings. The van der Waals surface area contributed by atoms with E-state index in [0.29, 0.717) is 17.2 Å². The van der Waals surface area contributed by atoms with Crippen molar-refractivity contribution in [1.29, 1.82) is 0 Å². The summed E-state index contributed by atoms with van der Waals surface area (Å²) in [5.41, 5.74) is 7.77. The Kier molecular flexibility index (Phi) is 3.85. The van der Waals surface area contributed by atoms with Crippen molar-refractivity contribution in [3.63, 3.8) is 0 Å². The molecule has 20 heavy (non-hydrogen) atoms. The van der Waals surface area contributed by atoms with Crippen LogP contribution in [0.5, 0.6) is 11.5 Å². The number of carboxylic acids is 1. The van der Waals surface area contributed by atoms with E-state index in [1.165, 1.54) is 0 Å². The molecule has 2 rings (SSSR count). The maximum absolute atomic E-state index is 11.1. The summed E-state index contributed by atoms with van der Waals surface area (Å²) in [4.78, 5) is 12.1. The van der Waals surface area contributed by atoms with Crippen LogP contribution in [-0.4, -0.2) is 25.3 Å². The number of carboxylic acid groups (broad SMARTS) is 1. The first-order chi connectivity index (χ1) is 9.49. The number of ether oxygens (including phenoxy) is 2. The van der Waals surface area contributed by atoms with E-state index in [9.17, 15) is 4.79 Å². The molecule has 1 aromatic heterocycles. The fourth-order valence-electron chi connectivity index (χ4n) is 1.94. The summed E-state index contributed by atoms with van der Waals surface area (Å²) in [6.07, 6.45) is 0. The lowest BCUT2D eigenvalue weighted by molar-refractivity contribution is 0.0703. The van der Waals surface area contributed by atoms with Crippen molar-refractivity contribution in [2.24, 2.45) is 0 Å². The largest absolute Gasteiger partial charge is 0.493 e. The molecule has 3 N–H and O–H groups in total. The van der Waals surface area contributed by atoms with Crippen LogP contribution >= 0.6 is 11.3 Å². The van der Waals surface area contributed by atoms with Crippen LogP contribution in [0.2, 0.25) is 0 Å². The van der Waals surface area contributed by atoms with E-state index in [-0.39, 0.29) is 4.88 Å². The number of benzene rings is 1. The summed E-state index contributed by atoms with van der Waals surface area (Å²) in [5, 5.41) is 9.12. The van der Waals surface area contributed by atoms with Gasteiger partial charge < -0.3 is 20.3 Å². The molecular formula is C14H15NO4S. The predicted octanol–water partition coefficient (Wildman–Crippen LogP) is 3.02. The highest BCUT2D eigenvalue weighted by atomic mass is 32.1. The van der Waals surface area contributed by atoms with Gasteiger partial charge >= 0.3 is 5.97 Å². The van der Waals surface area contributed by atoms with Gasteiger partial charge in [-0.25, -0.2) is 4.79 Å². The number of hydrogen-bond acceptors (Lipinski definition) is 5. The fourth-order valence-corrected chi connectivity index (χ4v) is 3.00. The minimum Gasteiger partial charge on any atom is -0.493 e. The number of rotatable bonds is 4. The maximum atomic E-state index is 11.1. The topological polar surface area (TPSA) is 81.8 Å². The van der Waals surface area contributed by atoms with Crippen LogP contribution in [0.15, 0.2) is 18.2 Å². The third kappa shape index (κ3) is 2.30. The van der Waals surface area contributed by atoms with Crippen molar-refractivity contribution in [2.45, 2.75) is 6.92 Å². The Labute approximate surface area is 120 Å². The van der Waals surface area contributed by atoms with Gasteiger partial charge in [-0.15, -0.1) is 11.3 Å². The smallest absolute Gasteiger partial charge is 0.348 e. The Morgan fingerprint density at radius 3 is 2.40 bits per heavy atom. The van der Waals surface area contributed by atoms with Gasteiger partial charge in [0, 0.05) is 4.88 Å². The molecule has 0 aliphatic carbocycles. The lowest BCUT2D eigenvalue weighted by atomic mass is 10.1. The number of carbonyl (C=O) groups is 1. The summed E-state index contributed by atoms with van der Waals surface area (Å²) in [6, 6.07) is 5.44. The summed E-state index contributed by atoms with van der Waals surface area (Å²) < 4.78 is 10.4. The zero-order valence-electron chi connectivity index (χ0n) is 11.4. The van der Waals surface area contributed by atoms with Gasteiger partial charge in [0.25, 0.3) is 0 Å². The van der Waals surface area contributed by atoms with Crippen molar-refractivity contribution in [2.75, 3.05) is 20.0 Å². The Hall–Kier alpha value is -2.21. The van der Waals surface area contributed by atoms with Gasteiger partial charge in [-0.1, -0.05) is 0 Å². The standard InChI is InChI=1S/C14H15NO4S/c1-7-11(15)13(14(16)17)20-12(7)8-4-5-9(18-2)10(6-8)19-3/h4-6H,15H2,1-3H3,(H,16,17). The molecule has 0 spiro atoms. The lowest BCUT2D eigenvalue weighted by Crippen LogP contribution is -1.97. The molecular weight excluding hydrogens is 278 g/mol. The SMILES string of the molecule is COc1ccc(-c2sc(C(=O)O)c(N)c2C)cc1OC. The first kappa shape index (κ1) is 14.2. The Morgan fingerprint density at radius 2 is 1.90 bits per heavy atom. The molecule has 0 amide bonds. The first-order valence-electron chi connectivity index (χ1n) is 5.84. The van der Waals surface area contributed by atoms with E-state index in [2.05, 4.69) is 0 Å². The minimum atomic E-state index is -1.01. The normalized spacial score (nSPS) is 10.3. The number of methoxy groups -OCH3 is 2. The van der Waals surface area contributed by atoms with Crippen molar-refractivity contribution in [3.8, 4) is 21.9 Å². The molecule has 0 radical (unpaired) electrons. The van der Waals surface area contributed by atoms with Crippen LogP contribution < -0.4 is 15.2 Å². The predicted molar refractivity (Wildman–Crippen MR) is 79.0 cm³/mol. The van der Waals surface area contributed by atoms with Gasteiger partial charge in [0.1, 0.15) is 4.88 Å². The van der Waals surface area contributed by atoms with E-state index in [4.69, 9.17) is 20.3 Å². The highest BCUT2D eigenvalue weighted by Crippen LogP contribution is 2.41. The average molecular weight is 293 g/mol. The molecule has 0 fully saturated rings. The van der Waals surface area contributed by atoms with Crippen LogP contribution in [0.1, 0.15) is 15.2 Å². The summed E-state index contributed by atoms with van der Waals surface area (Å²) in [7, 11) is 3.12. The fraction of sp³-hybridized carbons (Fsp3) is 0.214. The number of nitrogen functional groups attached to an aromatic ring is 1. The zero-order valence-corrected chi connectivity index (χ0v) is 12.2. The Bertz CT molecular complexity index is 663. The van der Waals surface area contributed by atoms with Crippen molar-refractivity contribution in [1.82, 2.24) is 0 Å². The second-order valence-electron chi connectivity index (χ2n) is 4.17. The van der Waals surface area contributed by atoms with Gasteiger partial charge in [-0.05, 0) is 36.2 Å². The molecule has 0 saturated carbocycles. The van der Waals surface area contributed by atoms with E-state index < -0.39 is 5.97 Å². The number of aromatic carboxylic acids is 1. The Morgan fingerprint density at radius 1 is 1.25 bits per heavy atom. The summed E-state index contributed by atoms with van der Waals surface area (Å²) in [6.45, 7) is 1.81. The highest BCUT2D eigenvalue weighted by Gasteiger charge is 2.19. The van der Waals surface area contributed by atoms with Crippen molar-refractivity contribution in [3.05, 3.63) is 28.6 Å². The second-order valence-corrected chi connectivity index (χ2v) is 5.19. The van der Waals surface area contributed by atoms with E-state index in [1.807, 2.05) is 19.1 Å². The molecule has 0 unspecified atom stereocenters. The molecule has 0 saturated heterocycles. The summed E-state index contributed by atoms with van der Waals surface area (Å²) >= 11 is 1.16. The maximum Gasteiger partial charge on any atom is 0.348 e. The van der Waals surface area contributed by atoms with Crippen LogP contribution in [0, 0.1) is 6.92 Å². The minimum absolute atomic E-state index is 0.160. The second kappa shape index (κ2) is 5.42. The molecule has 1 heterocycles. The Balaban J connectivity index is 2.57. The molecule has 1 aromatic carbocycles. The molecule has 0 bridgehead atoms. The number of nitrogens with two attached hydrogens (primary N) is 1. The van der Waals surface area contributed by atoms with Gasteiger partial charge in [-0.2, -0.15) is 0 Å². The lowest BCUT2D eigenvalue weighted by Gasteiger charge is -2.09. The quantitative estimate of drug-likeness (QED) is 0.905. The summed E-state index contributed by atoms with van der Waals surface area (Å²) in [5.74, 6) is 0.201. The molecule has 2 aromatic rings. The number of hydrogen-bond donors (Lipinski definition) is 2. The highest BCUT2D eigenvalue weighted by molar-refractivity contribution is 7.18. The third-order valence-corrected chi connectivity index (χ3v) is 4.38. The van der Waals surface area contributed by atoms with Crippen molar-refractivity contribution < 1.29 is 19.4 Å². The van der Waals surface area contributed by atoms with Gasteiger partial charge in [-0.3, -0.25) is 0 Å². The molecule has 106 valence electrons. The number of thiophene rings is 1. The van der Waals surface area contributed by atoms with E-state index >= 15 is 0 Å². The average Bonchev–Trinajstić information content (AvgIpc) is 2.74. The molecule has 0 atom stereocenters. The third-order valence-electron chi connectivity index (χ3n) is 3.03. The molecule has 0 aliphatic heterocycles. The van der Waals surface area contributed by atoms with E-state index in [1.54, 1.807) is 20.3 Å². The van der Waals surface area contributed by atoms with Gasteiger partial charge in [0.15, 0.2) is 11.5 Å². The molecule has 5 nitrogen and oxygen atoms in total. The van der Waals surface area contributed by atoms with Crippen LogP contribution in [0.4, 0.5) is 5.69 Å². The van der Waals surface area contributed by atoms with E-state index in [0.717, 1.165) is 27.3 Å². The van der Waals surface area contributed by atoms with Gasteiger partial charge in [0.05, 0.1) is 19.9 Å². The van der Waals surface area contributed by atoms with Crippen LogP contribution in [-0.2, 0) is 0 Å².